The summed E-state index contributed by atoms with van der Waals surface area (Å²) in [4.78, 5) is 24.4. The molecule has 0 aliphatic carbocycles. The van der Waals surface area contributed by atoms with Crippen molar-refractivity contribution < 1.29 is 32.9 Å². The number of nitrogens with zero attached hydrogens (tertiary/aromatic N) is 1. The fourth-order valence-electron chi connectivity index (χ4n) is 5.40. The van der Waals surface area contributed by atoms with E-state index in [-0.39, 0.29) is 18.9 Å². The zero-order valence-corrected chi connectivity index (χ0v) is 33.3. The monoisotopic (exact) mass is 713 g/mol. The average Bonchev–Trinajstić information content (AvgIpc) is 3.04. The third-order valence-electron chi connectivity index (χ3n) is 8.55. The van der Waals surface area contributed by atoms with E-state index in [4.69, 9.17) is 9.05 Å². The van der Waals surface area contributed by atoms with Gasteiger partial charge in [0.2, 0.25) is 5.91 Å². The number of carbonyl (C=O) groups is 1. The molecule has 0 bridgehead atoms. The molecule has 2 N–H and O–H groups in total. The molecule has 8 nitrogen and oxygen atoms in total. The van der Waals surface area contributed by atoms with Gasteiger partial charge in [-0.25, -0.2) is 0 Å². The number of rotatable bonds is 35. The Morgan fingerprint density at radius 2 is 1.14 bits per heavy atom. The van der Waals surface area contributed by atoms with Gasteiger partial charge < -0.3 is 28.8 Å². The molecule has 49 heavy (non-hydrogen) atoms. The Labute approximate surface area is 302 Å². The first-order valence-corrected chi connectivity index (χ1v) is 21.3. The number of phosphoric acid groups is 1. The Morgan fingerprint density at radius 1 is 0.694 bits per heavy atom. The first-order valence-electron chi connectivity index (χ1n) is 19.9. The Morgan fingerprint density at radius 3 is 1.61 bits per heavy atom. The maximum absolute atomic E-state index is 12.2. The van der Waals surface area contributed by atoms with Crippen molar-refractivity contribution in [2.75, 3.05) is 40.9 Å². The molecule has 0 heterocycles. The van der Waals surface area contributed by atoms with Crippen LogP contribution in [0.2, 0.25) is 0 Å². The van der Waals surface area contributed by atoms with Crippen LogP contribution in [0.4, 0.5) is 0 Å². The maximum atomic E-state index is 12.2. The molecule has 9 heteroatoms. The largest absolute Gasteiger partial charge is 0.756 e. The molecule has 3 unspecified atom stereocenters. The predicted molar refractivity (Wildman–Crippen MR) is 205 cm³/mol. The zero-order chi connectivity index (χ0) is 36.5. The molecule has 3 atom stereocenters. The SMILES string of the molecule is CCCCCCCCCCCCCCCCCC/C=C/CC/C=C/CC/C=C/C(O)C(COP(=O)([O-])OCC[N+](C)(C)C)NC(=O)CCC. The summed E-state index contributed by atoms with van der Waals surface area (Å²) in [5, 5.41) is 13.3. The molecule has 0 aliphatic heterocycles. The summed E-state index contributed by atoms with van der Waals surface area (Å²) in [6, 6.07) is -0.902. The van der Waals surface area contributed by atoms with Crippen molar-refractivity contribution in [3.8, 4) is 0 Å². The van der Waals surface area contributed by atoms with Gasteiger partial charge in [0, 0.05) is 6.42 Å². The number of nitrogens with one attached hydrogen (secondary N) is 1. The number of quaternary nitrogens is 1. The van der Waals surface area contributed by atoms with Gasteiger partial charge >= 0.3 is 0 Å². The van der Waals surface area contributed by atoms with Crippen LogP contribution in [-0.2, 0) is 18.4 Å². The van der Waals surface area contributed by atoms with Gasteiger partial charge in [0.25, 0.3) is 7.82 Å². The maximum Gasteiger partial charge on any atom is 0.268 e. The smallest absolute Gasteiger partial charge is 0.268 e. The van der Waals surface area contributed by atoms with Gasteiger partial charge in [-0.05, 0) is 44.9 Å². The Balaban J connectivity index is 3.98. The predicted octanol–water partition coefficient (Wildman–Crippen LogP) is 9.72. The number of hydrogen-bond acceptors (Lipinski definition) is 6. The summed E-state index contributed by atoms with van der Waals surface area (Å²) in [7, 11) is 1.22. The number of unbranched alkanes of at least 4 members (excludes halogenated alkanes) is 18. The fraction of sp³-hybridized carbons (Fsp3) is 0.825. The molecule has 0 rings (SSSR count). The minimum absolute atomic E-state index is 0.0109. The van der Waals surface area contributed by atoms with E-state index in [2.05, 4.69) is 36.5 Å². The van der Waals surface area contributed by atoms with E-state index in [9.17, 15) is 19.4 Å². The standard InChI is InChI=1S/C40H77N2O6P/c1-6-8-9-10-11-12-13-14-15-16-17-18-19-20-21-22-23-24-25-26-27-28-29-30-31-32-34-39(43)38(41-40(44)33-7-2)37-48-49(45,46)47-36-35-42(3,4)5/h24-25,28-29,32,34,38-39,43H,6-23,26-27,30-31,33,35-37H2,1-5H3,(H-,41,44,45,46)/b25-24+,29-28+,34-32+. The lowest BCUT2D eigenvalue weighted by molar-refractivity contribution is -0.870. The van der Waals surface area contributed by atoms with Gasteiger partial charge in [-0.15, -0.1) is 0 Å². The first kappa shape index (κ1) is 47.7. The van der Waals surface area contributed by atoms with Crippen molar-refractivity contribution in [2.24, 2.45) is 0 Å². The van der Waals surface area contributed by atoms with Crippen LogP contribution in [0.1, 0.15) is 162 Å². The van der Waals surface area contributed by atoms with Crippen LogP contribution in [-0.4, -0.2) is 68.5 Å². The second-order valence-electron chi connectivity index (χ2n) is 14.6. The van der Waals surface area contributed by atoms with E-state index >= 15 is 0 Å². The number of hydrogen-bond donors (Lipinski definition) is 2. The number of aliphatic hydroxyl groups excluding tert-OH is 1. The second kappa shape index (κ2) is 32.6. The molecule has 0 saturated heterocycles. The van der Waals surface area contributed by atoms with E-state index in [0.29, 0.717) is 17.4 Å². The summed E-state index contributed by atoms with van der Waals surface area (Å²) >= 11 is 0. The summed E-state index contributed by atoms with van der Waals surface area (Å²) in [5.41, 5.74) is 0. The van der Waals surface area contributed by atoms with Gasteiger partial charge in [-0.1, -0.05) is 147 Å². The lowest BCUT2D eigenvalue weighted by Gasteiger charge is -2.29. The van der Waals surface area contributed by atoms with Crippen molar-refractivity contribution in [1.29, 1.82) is 0 Å². The molecule has 0 aliphatic rings. The summed E-state index contributed by atoms with van der Waals surface area (Å²) in [6.07, 6.45) is 39.5. The van der Waals surface area contributed by atoms with Crippen molar-refractivity contribution in [2.45, 2.75) is 174 Å². The van der Waals surface area contributed by atoms with Crippen molar-refractivity contribution in [1.82, 2.24) is 5.32 Å². The third kappa shape index (κ3) is 34.9. The number of phosphoric ester groups is 1. The number of amides is 1. The second-order valence-corrected chi connectivity index (χ2v) is 16.0. The molecule has 288 valence electrons. The fourth-order valence-corrected chi connectivity index (χ4v) is 6.13. The number of aliphatic hydroxyl groups is 1. The molecule has 0 spiro atoms. The quantitative estimate of drug-likeness (QED) is 0.0293. The van der Waals surface area contributed by atoms with Gasteiger partial charge in [0.05, 0.1) is 39.9 Å². The minimum Gasteiger partial charge on any atom is -0.756 e. The number of allylic oxidation sites excluding steroid dienone is 5. The van der Waals surface area contributed by atoms with Crippen molar-refractivity contribution in [3.05, 3.63) is 36.5 Å². The van der Waals surface area contributed by atoms with Gasteiger partial charge in [-0.2, -0.15) is 0 Å². The van der Waals surface area contributed by atoms with E-state index in [1.807, 2.05) is 34.1 Å². The Bertz CT molecular complexity index is 902. The topological polar surface area (TPSA) is 108 Å². The summed E-state index contributed by atoms with van der Waals surface area (Å²) in [5.74, 6) is -0.266. The van der Waals surface area contributed by atoms with Crippen LogP contribution < -0.4 is 10.2 Å². The molecule has 0 saturated carbocycles. The Hall–Kier alpha value is -1.28. The van der Waals surface area contributed by atoms with E-state index in [1.54, 1.807) is 6.08 Å². The van der Waals surface area contributed by atoms with Gasteiger partial charge in [0.15, 0.2) is 0 Å². The van der Waals surface area contributed by atoms with Crippen LogP contribution in [0.5, 0.6) is 0 Å². The zero-order valence-electron chi connectivity index (χ0n) is 32.4. The lowest BCUT2D eigenvalue weighted by Crippen LogP contribution is -2.45. The highest BCUT2D eigenvalue weighted by Crippen LogP contribution is 2.38. The van der Waals surface area contributed by atoms with Crippen LogP contribution in [0.3, 0.4) is 0 Å². The van der Waals surface area contributed by atoms with Gasteiger partial charge in [0.1, 0.15) is 13.2 Å². The molecule has 0 aromatic carbocycles. The van der Waals surface area contributed by atoms with Crippen molar-refractivity contribution >= 4 is 13.7 Å². The van der Waals surface area contributed by atoms with Crippen LogP contribution in [0.15, 0.2) is 36.5 Å². The van der Waals surface area contributed by atoms with E-state index in [1.165, 1.54) is 109 Å². The van der Waals surface area contributed by atoms with Crippen LogP contribution in [0.25, 0.3) is 0 Å². The summed E-state index contributed by atoms with van der Waals surface area (Å²) < 4.78 is 22.7. The highest BCUT2D eigenvalue weighted by atomic mass is 31.2. The van der Waals surface area contributed by atoms with E-state index in [0.717, 1.165) is 25.7 Å². The molecule has 0 radical (unpaired) electrons. The Kier molecular flexibility index (Phi) is 31.8. The lowest BCUT2D eigenvalue weighted by atomic mass is 10.0. The van der Waals surface area contributed by atoms with Gasteiger partial charge in [-0.3, -0.25) is 9.36 Å². The molecule has 1 amide bonds. The van der Waals surface area contributed by atoms with Crippen LogP contribution >= 0.6 is 7.82 Å². The summed E-state index contributed by atoms with van der Waals surface area (Å²) in [6.45, 7) is 4.23. The minimum atomic E-state index is -4.56. The van der Waals surface area contributed by atoms with E-state index < -0.39 is 26.6 Å². The highest BCUT2D eigenvalue weighted by Gasteiger charge is 2.22. The normalized spacial score (nSPS) is 15.0. The highest BCUT2D eigenvalue weighted by molar-refractivity contribution is 7.45. The van der Waals surface area contributed by atoms with Crippen LogP contribution in [0, 0.1) is 0 Å². The molecular weight excluding hydrogens is 635 g/mol. The first-order chi connectivity index (χ1) is 23.5. The molecular formula is C40H77N2O6P. The average molecular weight is 713 g/mol. The number of likely N-dealkylation sites (N-methyl/N-ethyl adjacent to an activating group) is 1. The van der Waals surface area contributed by atoms with Crippen molar-refractivity contribution in [3.63, 3.8) is 0 Å². The third-order valence-corrected chi connectivity index (χ3v) is 9.51. The number of carbonyl (C=O) groups excluding carboxylic acids is 1. The molecule has 0 fully saturated rings. The molecule has 0 aromatic heterocycles. The molecule has 0 aromatic rings.